The van der Waals surface area contributed by atoms with E-state index >= 15 is 0 Å². The standard InChI is InChI=1S/C13H12N4O5S/c1-7-4-3-5-9(6-7)12-16-22-13(18)17(12)23(19,20)10-8(2)21-15-11(10)14/h3-6H,1-2H3,(H2,14,15). The van der Waals surface area contributed by atoms with Gasteiger partial charge >= 0.3 is 5.76 Å². The molecule has 23 heavy (non-hydrogen) atoms. The lowest BCUT2D eigenvalue weighted by molar-refractivity contribution is 0.384. The first-order valence-electron chi connectivity index (χ1n) is 6.45. The summed E-state index contributed by atoms with van der Waals surface area (Å²) in [4.78, 5) is 11.5. The monoisotopic (exact) mass is 336 g/mol. The largest absolute Gasteiger partial charge is 0.456 e. The Hall–Kier alpha value is -2.88. The number of benzene rings is 1. The van der Waals surface area contributed by atoms with Crippen LogP contribution in [-0.4, -0.2) is 22.7 Å². The molecule has 1 aromatic carbocycles. The second-order valence-electron chi connectivity index (χ2n) is 4.86. The summed E-state index contributed by atoms with van der Waals surface area (Å²) < 4.78 is 35.3. The van der Waals surface area contributed by atoms with Gasteiger partial charge in [-0.1, -0.05) is 34.1 Å². The van der Waals surface area contributed by atoms with Crippen LogP contribution in [0.15, 0.2) is 43.0 Å². The minimum absolute atomic E-state index is 0.0363. The molecule has 0 aliphatic rings. The Labute approximate surface area is 130 Å². The van der Waals surface area contributed by atoms with Gasteiger partial charge in [0.15, 0.2) is 16.5 Å². The average Bonchev–Trinajstić information content (AvgIpc) is 3.02. The minimum atomic E-state index is -4.37. The molecule has 2 aromatic heterocycles. The number of aryl methyl sites for hydroxylation is 2. The molecule has 0 fully saturated rings. The normalized spacial score (nSPS) is 11.7. The summed E-state index contributed by atoms with van der Waals surface area (Å²) >= 11 is 0. The molecule has 0 radical (unpaired) electrons. The Morgan fingerprint density at radius 2 is 1.91 bits per heavy atom. The van der Waals surface area contributed by atoms with E-state index in [4.69, 9.17) is 10.3 Å². The third kappa shape index (κ3) is 2.32. The Morgan fingerprint density at radius 3 is 2.52 bits per heavy atom. The Bertz CT molecular complexity index is 1030. The number of hydrogen-bond acceptors (Lipinski definition) is 8. The van der Waals surface area contributed by atoms with E-state index in [1.807, 2.05) is 13.0 Å². The molecule has 0 saturated carbocycles. The van der Waals surface area contributed by atoms with Gasteiger partial charge in [0, 0.05) is 5.56 Å². The summed E-state index contributed by atoms with van der Waals surface area (Å²) in [5, 5.41) is 6.96. The zero-order valence-electron chi connectivity index (χ0n) is 12.2. The van der Waals surface area contributed by atoms with Crippen molar-refractivity contribution in [1.29, 1.82) is 0 Å². The van der Waals surface area contributed by atoms with E-state index < -0.39 is 20.7 Å². The van der Waals surface area contributed by atoms with Crippen LogP contribution in [0.1, 0.15) is 11.3 Å². The molecule has 0 amide bonds. The van der Waals surface area contributed by atoms with Crippen LogP contribution in [0.3, 0.4) is 0 Å². The molecule has 120 valence electrons. The molecule has 3 aromatic rings. The number of hydrogen-bond donors (Lipinski definition) is 1. The second kappa shape index (κ2) is 5.09. The van der Waals surface area contributed by atoms with Gasteiger partial charge in [0.25, 0.3) is 10.0 Å². The van der Waals surface area contributed by atoms with Gasteiger partial charge in [-0.3, -0.25) is 4.52 Å². The highest BCUT2D eigenvalue weighted by atomic mass is 32.2. The molecule has 0 saturated heterocycles. The van der Waals surface area contributed by atoms with Gasteiger partial charge < -0.3 is 10.3 Å². The van der Waals surface area contributed by atoms with Crippen molar-refractivity contribution in [2.45, 2.75) is 18.7 Å². The van der Waals surface area contributed by atoms with Crippen molar-refractivity contribution in [3.63, 3.8) is 0 Å². The lowest BCUT2D eigenvalue weighted by Crippen LogP contribution is -2.25. The van der Waals surface area contributed by atoms with Gasteiger partial charge in [-0.2, -0.15) is 0 Å². The number of rotatable bonds is 3. The minimum Gasteiger partial charge on any atom is -0.380 e. The molecule has 2 heterocycles. The van der Waals surface area contributed by atoms with Crippen LogP contribution in [0, 0.1) is 13.8 Å². The van der Waals surface area contributed by atoms with Crippen molar-refractivity contribution in [3.05, 3.63) is 46.1 Å². The molecule has 2 N–H and O–H groups in total. The predicted octanol–water partition coefficient (Wildman–Crippen LogP) is 0.927. The van der Waals surface area contributed by atoms with Crippen molar-refractivity contribution in [3.8, 4) is 11.4 Å². The van der Waals surface area contributed by atoms with Crippen LogP contribution >= 0.6 is 0 Å². The predicted molar refractivity (Wildman–Crippen MR) is 79.2 cm³/mol. The van der Waals surface area contributed by atoms with E-state index in [1.165, 1.54) is 6.92 Å². The quantitative estimate of drug-likeness (QED) is 0.746. The molecule has 10 heteroatoms. The van der Waals surface area contributed by atoms with Crippen molar-refractivity contribution >= 4 is 15.8 Å². The molecule has 0 atom stereocenters. The van der Waals surface area contributed by atoms with Crippen LogP contribution in [0.2, 0.25) is 0 Å². The number of nitrogen functional groups attached to an aromatic ring is 1. The molecular weight excluding hydrogens is 324 g/mol. The Morgan fingerprint density at radius 1 is 1.17 bits per heavy atom. The fourth-order valence-corrected chi connectivity index (χ4v) is 3.68. The van der Waals surface area contributed by atoms with Crippen LogP contribution < -0.4 is 11.5 Å². The number of anilines is 1. The summed E-state index contributed by atoms with van der Waals surface area (Å²) in [6, 6.07) is 6.82. The van der Waals surface area contributed by atoms with Crippen LogP contribution in [0.4, 0.5) is 5.82 Å². The maximum atomic E-state index is 12.8. The summed E-state index contributed by atoms with van der Waals surface area (Å²) in [7, 11) is -4.37. The lowest BCUT2D eigenvalue weighted by Gasteiger charge is -2.06. The highest BCUT2D eigenvalue weighted by Gasteiger charge is 2.32. The fraction of sp³-hybridized carbons (Fsp3) is 0.154. The van der Waals surface area contributed by atoms with E-state index in [2.05, 4.69) is 14.8 Å². The molecule has 0 spiro atoms. The van der Waals surface area contributed by atoms with Gasteiger partial charge in [-0.25, -0.2) is 13.2 Å². The van der Waals surface area contributed by atoms with E-state index in [0.29, 0.717) is 9.54 Å². The average molecular weight is 336 g/mol. The smallest absolute Gasteiger partial charge is 0.380 e. The first-order valence-corrected chi connectivity index (χ1v) is 7.89. The third-order valence-electron chi connectivity index (χ3n) is 3.18. The molecule has 0 unspecified atom stereocenters. The van der Waals surface area contributed by atoms with Crippen LogP contribution in [-0.2, 0) is 10.0 Å². The van der Waals surface area contributed by atoms with Crippen LogP contribution in [0.25, 0.3) is 11.4 Å². The van der Waals surface area contributed by atoms with Gasteiger partial charge in [0.1, 0.15) is 0 Å². The van der Waals surface area contributed by atoms with E-state index in [9.17, 15) is 13.2 Å². The van der Waals surface area contributed by atoms with Crippen molar-refractivity contribution < 1.29 is 17.5 Å². The second-order valence-corrected chi connectivity index (χ2v) is 6.59. The van der Waals surface area contributed by atoms with E-state index in [0.717, 1.165) is 5.56 Å². The zero-order chi connectivity index (χ0) is 16.8. The van der Waals surface area contributed by atoms with Crippen molar-refractivity contribution in [1.82, 2.24) is 14.3 Å². The Balaban J connectivity index is 2.30. The molecule has 3 rings (SSSR count). The molecular formula is C13H12N4O5S. The van der Waals surface area contributed by atoms with Crippen molar-refractivity contribution in [2.24, 2.45) is 0 Å². The van der Waals surface area contributed by atoms with Gasteiger partial charge in [-0.15, -0.1) is 3.97 Å². The highest BCUT2D eigenvalue weighted by Crippen LogP contribution is 2.27. The van der Waals surface area contributed by atoms with E-state index in [-0.39, 0.29) is 17.4 Å². The summed E-state index contributed by atoms with van der Waals surface area (Å²) in [5.74, 6) is -1.68. The van der Waals surface area contributed by atoms with Crippen LogP contribution in [0.5, 0.6) is 0 Å². The Kier molecular flexibility index (Phi) is 3.33. The maximum absolute atomic E-state index is 12.8. The number of nitrogens with zero attached hydrogens (tertiary/aromatic N) is 3. The molecule has 0 aliphatic carbocycles. The summed E-state index contributed by atoms with van der Waals surface area (Å²) in [5.41, 5.74) is 6.82. The molecule has 9 nitrogen and oxygen atoms in total. The summed E-state index contributed by atoms with van der Waals surface area (Å²) in [6.45, 7) is 3.20. The first-order chi connectivity index (χ1) is 10.8. The summed E-state index contributed by atoms with van der Waals surface area (Å²) in [6.07, 6.45) is 0. The van der Waals surface area contributed by atoms with Crippen molar-refractivity contribution in [2.75, 3.05) is 5.73 Å². The number of nitrogens with two attached hydrogens (primary N) is 1. The molecule has 0 bridgehead atoms. The lowest BCUT2D eigenvalue weighted by atomic mass is 10.1. The van der Waals surface area contributed by atoms with Gasteiger partial charge in [-0.05, 0) is 19.9 Å². The van der Waals surface area contributed by atoms with E-state index in [1.54, 1.807) is 18.2 Å². The number of aromatic nitrogens is 3. The first kappa shape index (κ1) is 15.0. The van der Waals surface area contributed by atoms with Gasteiger partial charge in [0.2, 0.25) is 5.82 Å². The maximum Gasteiger partial charge on any atom is 0.456 e. The SMILES string of the molecule is Cc1cccc(-c2noc(=O)n2S(=O)(=O)c2c(N)noc2C)c1. The third-order valence-corrected chi connectivity index (χ3v) is 4.99. The topological polar surface area (TPSA) is 134 Å². The zero-order valence-corrected chi connectivity index (χ0v) is 13.0. The highest BCUT2D eigenvalue weighted by molar-refractivity contribution is 7.90. The molecule has 0 aliphatic heterocycles. The fourth-order valence-electron chi connectivity index (χ4n) is 2.19. The van der Waals surface area contributed by atoms with Gasteiger partial charge in [0.05, 0.1) is 0 Å².